The van der Waals surface area contributed by atoms with Crippen molar-refractivity contribution in [2.75, 3.05) is 7.11 Å². The quantitative estimate of drug-likeness (QED) is 0.468. The second kappa shape index (κ2) is 8.40. The van der Waals surface area contributed by atoms with Gasteiger partial charge in [0, 0.05) is 0 Å². The molecule has 0 aliphatic heterocycles. The molecular formula is C13H28GeO. The molecular weight excluding hydrogens is 245 g/mol. The zero-order valence-corrected chi connectivity index (χ0v) is 13.3. The Morgan fingerprint density at radius 2 is 1.60 bits per heavy atom. The molecule has 0 radical (unpaired) electrons. The van der Waals surface area contributed by atoms with Crippen LogP contribution in [-0.4, -0.2) is 26.5 Å². The van der Waals surface area contributed by atoms with Crippen molar-refractivity contribution in [3.63, 3.8) is 0 Å². The van der Waals surface area contributed by atoms with Gasteiger partial charge in [0.25, 0.3) is 0 Å². The maximum atomic E-state index is 5.23. The average Bonchev–Trinajstić information content (AvgIpc) is 2.30. The third-order valence-corrected chi connectivity index (χ3v) is 15.6. The Balaban J connectivity index is 3.99. The molecule has 0 N–H and O–H groups in total. The van der Waals surface area contributed by atoms with Crippen LogP contribution in [0.1, 0.15) is 34.1 Å². The van der Waals surface area contributed by atoms with Crippen molar-refractivity contribution >= 4 is 13.3 Å². The van der Waals surface area contributed by atoms with Gasteiger partial charge in [-0.05, 0) is 0 Å². The fraction of sp³-hybridized carbons (Fsp3) is 0.846. The van der Waals surface area contributed by atoms with E-state index in [0.717, 1.165) is 6.42 Å². The molecule has 0 heterocycles. The van der Waals surface area contributed by atoms with E-state index in [1.807, 2.05) is 0 Å². The molecule has 0 saturated carbocycles. The molecule has 0 amide bonds. The summed E-state index contributed by atoms with van der Waals surface area (Å²) in [4.78, 5) is 0. The molecule has 1 nitrogen and oxygen atoms in total. The van der Waals surface area contributed by atoms with Gasteiger partial charge in [0.1, 0.15) is 0 Å². The molecule has 0 saturated heterocycles. The van der Waals surface area contributed by atoms with Gasteiger partial charge >= 0.3 is 98.5 Å². The van der Waals surface area contributed by atoms with Gasteiger partial charge in [0.2, 0.25) is 0 Å². The van der Waals surface area contributed by atoms with Crippen molar-refractivity contribution in [1.82, 2.24) is 0 Å². The number of ether oxygens (including phenoxy) is 1. The molecule has 0 aliphatic carbocycles. The Morgan fingerprint density at radius 1 is 1.07 bits per heavy atom. The molecule has 0 aliphatic rings. The van der Waals surface area contributed by atoms with Gasteiger partial charge < -0.3 is 0 Å². The first-order valence-electron chi connectivity index (χ1n) is 6.31. The summed E-state index contributed by atoms with van der Waals surface area (Å²) in [5, 5.41) is 5.81. The van der Waals surface area contributed by atoms with E-state index in [1.165, 1.54) is 21.0 Å². The molecule has 1 unspecified atom stereocenters. The first-order valence-corrected chi connectivity index (χ1v) is 12.2. The molecule has 0 bridgehead atoms. The van der Waals surface area contributed by atoms with Crippen LogP contribution in [0.15, 0.2) is 12.2 Å². The molecule has 0 aromatic carbocycles. The number of rotatable bonds is 8. The summed E-state index contributed by atoms with van der Waals surface area (Å²) in [6.45, 7) is 9.29. The second-order valence-corrected chi connectivity index (χ2v) is 16.1. The Kier molecular flexibility index (Phi) is 8.54. The Morgan fingerprint density at radius 3 is 2.00 bits per heavy atom. The van der Waals surface area contributed by atoms with Gasteiger partial charge in [0.15, 0.2) is 0 Å². The zero-order chi connectivity index (χ0) is 11.7. The van der Waals surface area contributed by atoms with E-state index >= 15 is 0 Å². The van der Waals surface area contributed by atoms with E-state index in [0.29, 0.717) is 6.10 Å². The fourth-order valence-corrected chi connectivity index (χ4v) is 8.26. The van der Waals surface area contributed by atoms with Crippen molar-refractivity contribution in [1.29, 1.82) is 0 Å². The van der Waals surface area contributed by atoms with E-state index in [9.17, 15) is 0 Å². The minimum atomic E-state index is -1.44. The first kappa shape index (κ1) is 15.2. The molecule has 90 valence electrons. The summed E-state index contributed by atoms with van der Waals surface area (Å²) >= 11 is -1.44. The third kappa shape index (κ3) is 5.77. The van der Waals surface area contributed by atoms with Gasteiger partial charge in [-0.1, -0.05) is 0 Å². The number of allylic oxidation sites excluding steroid dienone is 1. The van der Waals surface area contributed by atoms with Gasteiger partial charge in [0.05, 0.1) is 0 Å². The van der Waals surface area contributed by atoms with Crippen LogP contribution >= 0.6 is 0 Å². The van der Waals surface area contributed by atoms with Crippen LogP contribution in [0.25, 0.3) is 0 Å². The molecule has 0 spiro atoms. The average molecular weight is 273 g/mol. The molecule has 0 aromatic rings. The van der Waals surface area contributed by atoms with E-state index < -0.39 is 13.3 Å². The van der Waals surface area contributed by atoms with Crippen molar-refractivity contribution in [2.24, 2.45) is 0 Å². The van der Waals surface area contributed by atoms with E-state index in [2.05, 4.69) is 39.8 Å². The summed E-state index contributed by atoms with van der Waals surface area (Å²) in [6.07, 6.45) is 6.17. The molecule has 0 aromatic heterocycles. The minimum absolute atomic E-state index is 0.369. The monoisotopic (exact) mass is 274 g/mol. The molecule has 0 rings (SSSR count). The Bertz CT molecular complexity index is 165. The van der Waals surface area contributed by atoms with E-state index in [-0.39, 0.29) is 0 Å². The van der Waals surface area contributed by atoms with Crippen molar-refractivity contribution in [2.45, 2.75) is 61.2 Å². The van der Waals surface area contributed by atoms with Crippen LogP contribution in [0.4, 0.5) is 0 Å². The van der Waals surface area contributed by atoms with Crippen molar-refractivity contribution < 1.29 is 4.74 Å². The summed E-state index contributed by atoms with van der Waals surface area (Å²) < 4.78 is 5.23. The van der Waals surface area contributed by atoms with E-state index in [4.69, 9.17) is 4.74 Å². The van der Waals surface area contributed by atoms with Crippen molar-refractivity contribution in [3.8, 4) is 0 Å². The SMILES string of the molecule is C[CH2][Ge]([CH2]C)([CH2]C)[CH2]/C=C/CC(C)OC. The fourth-order valence-electron chi connectivity index (χ4n) is 1.90. The zero-order valence-electron chi connectivity index (χ0n) is 11.2. The number of hydrogen-bond donors (Lipinski definition) is 0. The van der Waals surface area contributed by atoms with Gasteiger partial charge in [-0.3, -0.25) is 0 Å². The van der Waals surface area contributed by atoms with Crippen LogP contribution < -0.4 is 0 Å². The second-order valence-electron chi connectivity index (χ2n) is 4.52. The standard InChI is InChI=1S/C13H28GeO/c1-6-14(7-2,8-3)12-10-9-11-13(4)15-5/h9-10,13H,6-8,11-12H2,1-5H3/b10-9+. The van der Waals surface area contributed by atoms with Crippen LogP contribution in [0, 0.1) is 0 Å². The van der Waals surface area contributed by atoms with Crippen LogP contribution in [0.5, 0.6) is 0 Å². The van der Waals surface area contributed by atoms with Crippen LogP contribution in [-0.2, 0) is 4.74 Å². The summed E-state index contributed by atoms with van der Waals surface area (Å²) in [5.41, 5.74) is 0. The molecule has 2 heteroatoms. The molecule has 1 atom stereocenters. The predicted octanol–water partition coefficient (Wildman–Crippen LogP) is 4.48. The van der Waals surface area contributed by atoms with Crippen molar-refractivity contribution in [3.05, 3.63) is 12.2 Å². The van der Waals surface area contributed by atoms with Gasteiger partial charge in [-0.2, -0.15) is 0 Å². The Hall–Kier alpha value is 0.243. The summed E-state index contributed by atoms with van der Waals surface area (Å²) in [6, 6.07) is 0. The summed E-state index contributed by atoms with van der Waals surface area (Å²) in [5.74, 6) is 0. The van der Waals surface area contributed by atoms with Crippen LogP contribution in [0.2, 0.25) is 21.0 Å². The normalized spacial score (nSPS) is 14.7. The third-order valence-electron chi connectivity index (χ3n) is 3.84. The maximum absolute atomic E-state index is 5.23. The summed E-state index contributed by atoms with van der Waals surface area (Å²) in [7, 11) is 1.78. The van der Waals surface area contributed by atoms with Crippen LogP contribution in [0.3, 0.4) is 0 Å². The van der Waals surface area contributed by atoms with Gasteiger partial charge in [-0.15, -0.1) is 0 Å². The first-order chi connectivity index (χ1) is 7.14. The van der Waals surface area contributed by atoms with Gasteiger partial charge in [-0.25, -0.2) is 0 Å². The topological polar surface area (TPSA) is 9.23 Å². The number of hydrogen-bond acceptors (Lipinski definition) is 1. The van der Waals surface area contributed by atoms with E-state index in [1.54, 1.807) is 7.11 Å². The Labute approximate surface area is 98.6 Å². The molecule has 0 fully saturated rings. The molecule has 15 heavy (non-hydrogen) atoms. The predicted molar refractivity (Wildman–Crippen MR) is 72.2 cm³/mol. The number of methoxy groups -OCH3 is 1.